The Balaban J connectivity index is 0.00000169. The fraction of sp³-hybridized carbons (Fsp3) is 0.474. The number of fused-ring (bicyclic) bond motifs is 2. The fourth-order valence-electron chi connectivity index (χ4n) is 4.63. The van der Waals surface area contributed by atoms with Crippen molar-refractivity contribution in [2.75, 3.05) is 0 Å². The van der Waals surface area contributed by atoms with E-state index < -0.39 is 17.7 Å². The Morgan fingerprint density at radius 2 is 1.77 bits per heavy atom. The second-order valence-electron chi connectivity index (χ2n) is 9.27. The van der Waals surface area contributed by atoms with Gasteiger partial charge in [-0.1, -0.05) is 0 Å². The molecule has 1 nitrogen and oxygen atoms in total. The number of thioether (sulfide) groups is 1. The van der Waals surface area contributed by atoms with E-state index in [9.17, 15) is 0 Å². The van der Waals surface area contributed by atoms with E-state index in [1.165, 1.54) is 32.0 Å². The molecule has 1 heterocycles. The summed E-state index contributed by atoms with van der Waals surface area (Å²) < 4.78 is 11.2. The molecule has 0 amide bonds. The van der Waals surface area contributed by atoms with Gasteiger partial charge in [0, 0.05) is 0 Å². The number of halogens is 3. The summed E-state index contributed by atoms with van der Waals surface area (Å²) in [6.45, 7) is 13.8. The Morgan fingerprint density at radius 1 is 1.19 bits per heavy atom. The second kappa shape index (κ2) is 7.78. The average Bonchev–Trinajstić information content (AvgIpc) is 2.86. The first-order valence-electron chi connectivity index (χ1n) is 8.54. The predicted molar refractivity (Wildman–Crippen MR) is 128 cm³/mol. The van der Waals surface area contributed by atoms with E-state index in [1.54, 1.807) is 3.28 Å². The maximum absolute atomic E-state index is 4.10. The first-order chi connectivity index (χ1) is 10.8. The molecule has 0 saturated carbocycles. The standard InChI is InChI=1S/C13H10BrS.C4H10N.2CH3.2ClH.H2Si.Zr/c1-7-3-9-5-12-11(6-13(14)15-12)8(2)10(9)4-7;1-4(2,3)5;;;;;;/h4-6,13H,1-2H3;5H,1-3H3;2*1H3;2*1H;1H2;/q;-1;;;;;;+1. The summed E-state index contributed by atoms with van der Waals surface area (Å²) >= 11 is 2.46. The molecule has 0 bridgehead atoms. The Morgan fingerprint density at radius 3 is 2.31 bits per heavy atom. The fourth-order valence-corrected chi connectivity index (χ4v) is 24.5. The molecule has 1 aromatic rings. The van der Waals surface area contributed by atoms with Crippen LogP contribution in [0.2, 0.25) is 9.26 Å². The molecule has 0 saturated heterocycles. The maximum atomic E-state index is 4.10. The number of alkyl halides is 1. The molecule has 1 N–H and O–H groups in total. The minimum Gasteiger partial charge on any atom is -0.147 e. The number of nitrogens with one attached hydrogen (secondary N) is 1. The molecule has 0 fully saturated rings. The van der Waals surface area contributed by atoms with Gasteiger partial charge in [-0.3, -0.25) is 0 Å². The maximum Gasteiger partial charge on any atom is -0.147 e. The molecule has 0 radical (unpaired) electrons. The van der Waals surface area contributed by atoms with E-state index in [2.05, 4.69) is 88.2 Å². The molecular formula is C19H30BrCl2NSSiZr. The van der Waals surface area contributed by atoms with Crippen molar-refractivity contribution in [1.29, 1.82) is 0 Å². The van der Waals surface area contributed by atoms with Crippen LogP contribution in [0.15, 0.2) is 16.5 Å². The first-order valence-corrected chi connectivity index (χ1v) is 23.6. The van der Waals surface area contributed by atoms with Crippen molar-refractivity contribution in [3.05, 3.63) is 33.2 Å². The summed E-state index contributed by atoms with van der Waals surface area (Å²) in [6, 6.07) is 2.46. The van der Waals surface area contributed by atoms with Crippen molar-refractivity contribution < 1.29 is 17.7 Å². The summed E-state index contributed by atoms with van der Waals surface area (Å²) in [7, 11) is 0. The van der Waals surface area contributed by atoms with Crippen molar-refractivity contribution in [2.24, 2.45) is 0 Å². The molecule has 3 rings (SSSR count). The van der Waals surface area contributed by atoms with Crippen LogP contribution in [0.25, 0.3) is 15.4 Å². The summed E-state index contributed by atoms with van der Waals surface area (Å²) in [5.74, 6) is 0. The van der Waals surface area contributed by atoms with E-state index in [4.69, 9.17) is 0 Å². The second-order valence-corrected chi connectivity index (χ2v) is 39.6. The molecular weight excluding hydrogens is 544 g/mol. The summed E-state index contributed by atoms with van der Waals surface area (Å²) in [5.41, 5.74) is 4.50. The van der Waals surface area contributed by atoms with Crippen LogP contribution >= 0.6 is 52.5 Å². The molecule has 26 heavy (non-hydrogen) atoms. The van der Waals surface area contributed by atoms with E-state index in [0.717, 1.165) is 0 Å². The number of hydrogen-bond acceptors (Lipinski definition) is 2. The molecule has 1 aromatic carbocycles. The molecule has 0 spiro atoms. The minimum atomic E-state index is -3.21. The van der Waals surface area contributed by atoms with Crippen LogP contribution in [0.3, 0.4) is 0 Å². The van der Waals surface area contributed by atoms with Crippen molar-refractivity contribution in [3.8, 4) is 0 Å². The van der Waals surface area contributed by atoms with Gasteiger partial charge in [-0.15, -0.1) is 24.8 Å². The normalized spacial score (nSPS) is 19.0. The Labute approximate surface area is 185 Å². The molecule has 146 valence electrons. The third kappa shape index (κ3) is 4.66. The van der Waals surface area contributed by atoms with Crippen molar-refractivity contribution >= 4 is 74.8 Å². The predicted octanol–water partition coefficient (Wildman–Crippen LogP) is 4.61. The summed E-state index contributed by atoms with van der Waals surface area (Å²) in [4.78, 5) is 1.43. The van der Waals surface area contributed by atoms with Crippen molar-refractivity contribution in [1.82, 2.24) is 3.26 Å². The van der Waals surface area contributed by atoms with Gasteiger partial charge in [-0.05, 0) is 0 Å². The zero-order valence-electron chi connectivity index (χ0n) is 16.6. The van der Waals surface area contributed by atoms with E-state index >= 15 is 0 Å². The summed E-state index contributed by atoms with van der Waals surface area (Å²) in [5, 5.41) is 2.92. The largest absolute Gasteiger partial charge is 0.147 e. The molecule has 1 aliphatic carbocycles. The zero-order valence-corrected chi connectivity index (χ0v) is 24.5. The number of allylic oxidation sites excluding steroid dienone is 1. The smallest absolute Gasteiger partial charge is 0.147 e. The minimum absolute atomic E-state index is 0. The SMILES string of the molecule is CC1=Cc2c(C)c3c(cc2=[C]1[Zr]([CH3])([CH3])(=[SiH2])[NH]C(C)(C)C)SC(Br)C=3.Cl.Cl. The number of benzene rings is 1. The van der Waals surface area contributed by atoms with Gasteiger partial charge in [-0.2, -0.15) is 0 Å². The van der Waals surface area contributed by atoms with E-state index in [0.29, 0.717) is 4.16 Å². The van der Waals surface area contributed by atoms with E-state index in [1.807, 2.05) is 11.8 Å². The van der Waals surface area contributed by atoms with Gasteiger partial charge in [0.05, 0.1) is 0 Å². The Hall–Kier alpha value is 1.17. The molecule has 1 unspecified atom stereocenters. The van der Waals surface area contributed by atoms with E-state index in [-0.39, 0.29) is 30.4 Å². The van der Waals surface area contributed by atoms with Crippen LogP contribution in [0, 0.1) is 6.92 Å². The Bertz CT molecular complexity index is 973. The number of rotatable bonds is 2. The quantitative estimate of drug-likeness (QED) is 0.409. The third-order valence-corrected chi connectivity index (χ3v) is 19.1. The van der Waals surface area contributed by atoms with Crippen LogP contribution in [0.1, 0.15) is 38.8 Å². The van der Waals surface area contributed by atoms with Gasteiger partial charge in [0.25, 0.3) is 0 Å². The third-order valence-electron chi connectivity index (χ3n) is 4.78. The summed E-state index contributed by atoms with van der Waals surface area (Å²) in [6.07, 6.45) is 4.78. The topological polar surface area (TPSA) is 12.0 Å². The molecule has 7 heteroatoms. The molecule has 1 atom stereocenters. The average molecular weight is 575 g/mol. The van der Waals surface area contributed by atoms with Gasteiger partial charge < -0.3 is 0 Å². The monoisotopic (exact) mass is 571 g/mol. The zero-order chi connectivity index (χ0) is 18.1. The van der Waals surface area contributed by atoms with Crippen LogP contribution < -0.4 is 13.7 Å². The van der Waals surface area contributed by atoms with Gasteiger partial charge in [0.1, 0.15) is 0 Å². The molecule has 2 aliphatic rings. The van der Waals surface area contributed by atoms with Crippen LogP contribution in [-0.2, 0) is 17.7 Å². The van der Waals surface area contributed by atoms with Gasteiger partial charge in [0.2, 0.25) is 0 Å². The van der Waals surface area contributed by atoms with Crippen LogP contribution in [-0.4, -0.2) is 16.6 Å². The van der Waals surface area contributed by atoms with Gasteiger partial charge in [0.15, 0.2) is 0 Å². The van der Waals surface area contributed by atoms with Crippen LogP contribution in [0.5, 0.6) is 0 Å². The number of hydrogen-bond donors (Lipinski definition) is 1. The van der Waals surface area contributed by atoms with Crippen molar-refractivity contribution in [2.45, 2.75) is 58.5 Å². The molecule has 0 aromatic heterocycles. The van der Waals surface area contributed by atoms with Gasteiger partial charge >= 0.3 is 163 Å². The molecule has 1 aliphatic heterocycles. The van der Waals surface area contributed by atoms with Gasteiger partial charge in [-0.25, -0.2) is 0 Å². The Kier molecular flexibility index (Phi) is 7.54. The van der Waals surface area contributed by atoms with Crippen LogP contribution in [0.4, 0.5) is 0 Å². The van der Waals surface area contributed by atoms with Crippen molar-refractivity contribution in [3.63, 3.8) is 0 Å². The first kappa shape index (κ1) is 25.2.